The van der Waals surface area contributed by atoms with Crippen molar-refractivity contribution in [2.24, 2.45) is 5.73 Å². The molecule has 0 atom stereocenters. The van der Waals surface area contributed by atoms with Crippen LogP contribution in [0.4, 0.5) is 0 Å². The second-order valence-electron chi connectivity index (χ2n) is 4.83. The van der Waals surface area contributed by atoms with Gasteiger partial charge in [0, 0.05) is 19.1 Å². The Morgan fingerprint density at radius 1 is 1.11 bits per heavy atom. The van der Waals surface area contributed by atoms with Crippen molar-refractivity contribution in [3.63, 3.8) is 0 Å². The first kappa shape index (κ1) is 17.1. The zero-order valence-electron chi connectivity index (χ0n) is 12.0. The molecule has 0 radical (unpaired) electrons. The number of piperidine rings is 1. The third kappa shape index (κ3) is 6.84. The van der Waals surface area contributed by atoms with E-state index in [4.69, 9.17) is 19.3 Å². The van der Waals surface area contributed by atoms with Gasteiger partial charge in [0.25, 0.3) is 0 Å². The van der Waals surface area contributed by atoms with E-state index in [9.17, 15) is 4.57 Å². The minimum absolute atomic E-state index is 0.274. The lowest BCUT2D eigenvalue weighted by Crippen LogP contribution is -2.40. The summed E-state index contributed by atoms with van der Waals surface area (Å²) >= 11 is 0. The Balaban J connectivity index is 2.36. The van der Waals surface area contributed by atoms with Gasteiger partial charge in [-0.1, -0.05) is 13.8 Å². The molecule has 1 heterocycles. The van der Waals surface area contributed by atoms with Crippen molar-refractivity contribution in [1.29, 1.82) is 0 Å². The highest BCUT2D eigenvalue weighted by Gasteiger charge is 2.28. The van der Waals surface area contributed by atoms with Gasteiger partial charge in [0.15, 0.2) is 0 Å². The van der Waals surface area contributed by atoms with Crippen molar-refractivity contribution >= 4 is 7.82 Å². The molecule has 1 rings (SSSR count). The maximum atomic E-state index is 12.3. The smallest absolute Gasteiger partial charge is 0.328 e. The number of phosphoric acid groups is 1. The first-order valence-electron chi connectivity index (χ1n) is 7.11. The van der Waals surface area contributed by atoms with E-state index in [0.717, 1.165) is 38.8 Å². The maximum Gasteiger partial charge on any atom is 0.476 e. The zero-order valence-corrected chi connectivity index (χ0v) is 12.9. The van der Waals surface area contributed by atoms with Crippen LogP contribution in [-0.4, -0.2) is 44.0 Å². The molecule has 0 spiro atoms. The van der Waals surface area contributed by atoms with Crippen LogP contribution in [0, 0.1) is 0 Å². The van der Waals surface area contributed by atoms with E-state index in [1.807, 2.05) is 13.8 Å². The summed E-state index contributed by atoms with van der Waals surface area (Å²) in [5.41, 5.74) is 5.84. The summed E-state index contributed by atoms with van der Waals surface area (Å²) in [6, 6.07) is 0.274. The summed E-state index contributed by atoms with van der Waals surface area (Å²) in [7, 11) is -3.41. The first-order valence-corrected chi connectivity index (χ1v) is 8.57. The standard InChI is InChI=1S/C12H27N2O4P/c1-3-9-16-19(15,17-10-4-2)18-11-14-7-5-12(13)6-8-14/h12H,3-11,13H2,1-2H3. The van der Waals surface area contributed by atoms with Crippen LogP contribution < -0.4 is 5.73 Å². The van der Waals surface area contributed by atoms with Crippen molar-refractivity contribution in [3.05, 3.63) is 0 Å². The molecule has 114 valence electrons. The molecule has 0 aromatic rings. The summed E-state index contributed by atoms with van der Waals surface area (Å²) < 4.78 is 28.2. The van der Waals surface area contributed by atoms with E-state index in [0.29, 0.717) is 13.2 Å². The molecular weight excluding hydrogens is 267 g/mol. The Morgan fingerprint density at radius 3 is 2.11 bits per heavy atom. The fourth-order valence-corrected chi connectivity index (χ4v) is 3.09. The number of phosphoric ester groups is 1. The fourth-order valence-electron chi connectivity index (χ4n) is 1.75. The molecule has 0 aromatic heterocycles. The molecule has 0 bridgehead atoms. The SMILES string of the molecule is CCCOP(=O)(OCCC)OCN1CCC(N)CC1. The minimum atomic E-state index is -3.41. The van der Waals surface area contributed by atoms with Gasteiger partial charge in [-0.2, -0.15) is 0 Å². The summed E-state index contributed by atoms with van der Waals surface area (Å²) in [5, 5.41) is 0. The van der Waals surface area contributed by atoms with Crippen molar-refractivity contribution < 1.29 is 18.1 Å². The molecule has 1 aliphatic heterocycles. The average Bonchev–Trinajstić information content (AvgIpc) is 2.43. The summed E-state index contributed by atoms with van der Waals surface area (Å²) in [5.74, 6) is 0. The third-order valence-corrected chi connectivity index (χ3v) is 4.37. The van der Waals surface area contributed by atoms with Crippen LogP contribution in [0.3, 0.4) is 0 Å². The van der Waals surface area contributed by atoms with E-state index in [1.54, 1.807) is 0 Å². The highest BCUT2D eigenvalue weighted by atomic mass is 31.2. The molecule has 19 heavy (non-hydrogen) atoms. The van der Waals surface area contributed by atoms with Crippen LogP contribution in [0.15, 0.2) is 0 Å². The lowest BCUT2D eigenvalue weighted by molar-refractivity contribution is 0.0473. The van der Waals surface area contributed by atoms with E-state index < -0.39 is 7.82 Å². The number of likely N-dealkylation sites (tertiary alicyclic amines) is 1. The lowest BCUT2D eigenvalue weighted by atomic mass is 10.1. The molecule has 1 saturated heterocycles. The van der Waals surface area contributed by atoms with E-state index in [1.165, 1.54) is 0 Å². The van der Waals surface area contributed by atoms with Gasteiger partial charge in [0.05, 0.1) is 13.2 Å². The predicted molar refractivity (Wildman–Crippen MR) is 74.8 cm³/mol. The molecule has 7 heteroatoms. The van der Waals surface area contributed by atoms with Gasteiger partial charge in [0.1, 0.15) is 6.73 Å². The molecule has 0 amide bonds. The summed E-state index contributed by atoms with van der Waals surface area (Å²) in [4.78, 5) is 2.08. The van der Waals surface area contributed by atoms with Crippen molar-refractivity contribution in [2.75, 3.05) is 33.0 Å². The van der Waals surface area contributed by atoms with Gasteiger partial charge in [-0.3, -0.25) is 18.5 Å². The van der Waals surface area contributed by atoms with Gasteiger partial charge in [-0.15, -0.1) is 0 Å². The number of nitrogens with two attached hydrogens (primary N) is 1. The molecule has 1 aliphatic rings. The second kappa shape index (κ2) is 9.06. The average molecular weight is 294 g/mol. The Kier molecular flexibility index (Phi) is 8.14. The molecular formula is C12H27N2O4P. The molecule has 0 unspecified atom stereocenters. The lowest BCUT2D eigenvalue weighted by Gasteiger charge is -2.30. The second-order valence-corrected chi connectivity index (χ2v) is 6.50. The van der Waals surface area contributed by atoms with Crippen LogP contribution in [0.25, 0.3) is 0 Å². The van der Waals surface area contributed by atoms with Crippen LogP contribution in [0.1, 0.15) is 39.5 Å². The number of rotatable bonds is 9. The topological polar surface area (TPSA) is 74.0 Å². The Labute approximate surface area is 116 Å². The van der Waals surface area contributed by atoms with Crippen molar-refractivity contribution in [3.8, 4) is 0 Å². The van der Waals surface area contributed by atoms with Crippen molar-refractivity contribution in [1.82, 2.24) is 4.90 Å². The molecule has 0 aromatic carbocycles. The van der Waals surface area contributed by atoms with Gasteiger partial charge in [-0.25, -0.2) is 4.57 Å². The van der Waals surface area contributed by atoms with Gasteiger partial charge in [-0.05, 0) is 25.7 Å². The van der Waals surface area contributed by atoms with E-state index in [-0.39, 0.29) is 12.8 Å². The molecule has 0 aliphatic carbocycles. The van der Waals surface area contributed by atoms with Gasteiger partial charge in [0.2, 0.25) is 0 Å². The van der Waals surface area contributed by atoms with Crippen LogP contribution in [-0.2, 0) is 18.1 Å². The summed E-state index contributed by atoms with van der Waals surface area (Å²) in [6.45, 7) is 6.67. The number of hydrogen-bond donors (Lipinski definition) is 1. The largest absolute Gasteiger partial charge is 0.476 e. The van der Waals surface area contributed by atoms with E-state index >= 15 is 0 Å². The molecule has 1 fully saturated rings. The fraction of sp³-hybridized carbons (Fsp3) is 1.00. The Morgan fingerprint density at radius 2 is 1.63 bits per heavy atom. The zero-order chi connectivity index (χ0) is 14.1. The maximum absolute atomic E-state index is 12.3. The number of hydrogen-bond acceptors (Lipinski definition) is 6. The van der Waals surface area contributed by atoms with Crippen molar-refractivity contribution in [2.45, 2.75) is 45.6 Å². The third-order valence-electron chi connectivity index (χ3n) is 2.94. The highest BCUT2D eigenvalue weighted by Crippen LogP contribution is 2.49. The molecule has 2 N–H and O–H groups in total. The van der Waals surface area contributed by atoms with Gasteiger partial charge >= 0.3 is 7.82 Å². The Hall–Kier alpha value is 0.0300. The quantitative estimate of drug-likeness (QED) is 0.658. The molecule has 0 saturated carbocycles. The van der Waals surface area contributed by atoms with E-state index in [2.05, 4.69) is 4.90 Å². The Bertz CT molecular complexity index is 271. The minimum Gasteiger partial charge on any atom is -0.328 e. The first-order chi connectivity index (χ1) is 9.09. The monoisotopic (exact) mass is 294 g/mol. The number of nitrogens with zero attached hydrogens (tertiary/aromatic N) is 1. The van der Waals surface area contributed by atoms with Crippen LogP contribution in [0.2, 0.25) is 0 Å². The molecule has 6 nitrogen and oxygen atoms in total. The van der Waals surface area contributed by atoms with Crippen LogP contribution in [0.5, 0.6) is 0 Å². The highest BCUT2D eigenvalue weighted by molar-refractivity contribution is 7.48. The van der Waals surface area contributed by atoms with Crippen LogP contribution >= 0.6 is 7.82 Å². The van der Waals surface area contributed by atoms with Gasteiger partial charge < -0.3 is 5.73 Å². The normalized spacial score (nSPS) is 18.9. The predicted octanol–water partition coefficient (Wildman–Crippen LogP) is 2.34. The summed E-state index contributed by atoms with van der Waals surface area (Å²) in [6.07, 6.45) is 3.45.